The minimum atomic E-state index is -3.63. The van der Waals surface area contributed by atoms with Crippen molar-refractivity contribution in [3.8, 4) is 0 Å². The highest BCUT2D eigenvalue weighted by molar-refractivity contribution is 7.99. The number of thioether (sulfide) groups is 1. The third-order valence-electron chi connectivity index (χ3n) is 4.06. The zero-order chi connectivity index (χ0) is 18.0. The maximum atomic E-state index is 14.0. The third-order valence-corrected chi connectivity index (χ3v) is 7.53. The molecule has 1 unspecified atom stereocenters. The quantitative estimate of drug-likeness (QED) is 0.757. The second-order valence-corrected chi connectivity index (χ2v) is 9.36. The fourth-order valence-corrected chi connectivity index (χ4v) is 5.70. The molecule has 1 heterocycles. The fraction of sp³-hybridized carbons (Fsp3) is 0.294. The number of halogens is 3. The van der Waals surface area contributed by atoms with Gasteiger partial charge in [0.1, 0.15) is 11.6 Å². The Hall–Kier alpha value is -1.15. The first kappa shape index (κ1) is 18.6. The van der Waals surface area contributed by atoms with Gasteiger partial charge in [0.05, 0.1) is 4.90 Å². The third kappa shape index (κ3) is 4.16. The molecule has 2 aromatic carbocycles. The number of sulfonamides is 1. The first-order chi connectivity index (χ1) is 11.9. The Balaban J connectivity index is 1.79. The maximum absolute atomic E-state index is 14.0. The molecule has 0 saturated carbocycles. The lowest BCUT2D eigenvalue weighted by molar-refractivity contribution is 0.426. The van der Waals surface area contributed by atoms with Crippen LogP contribution in [0.25, 0.3) is 0 Å². The molecular weight excluding hydrogens is 388 g/mol. The monoisotopic (exact) mass is 403 g/mol. The van der Waals surface area contributed by atoms with Gasteiger partial charge in [-0.25, -0.2) is 17.2 Å². The van der Waals surface area contributed by atoms with E-state index in [0.717, 1.165) is 12.1 Å². The van der Waals surface area contributed by atoms with Gasteiger partial charge in [0.15, 0.2) is 0 Å². The summed E-state index contributed by atoms with van der Waals surface area (Å²) in [5, 5.41) is 0.188. The predicted octanol–water partition coefficient (Wildman–Crippen LogP) is 4.49. The summed E-state index contributed by atoms with van der Waals surface area (Å²) in [6.07, 6.45) is 0.415. The molecule has 0 bridgehead atoms. The summed E-state index contributed by atoms with van der Waals surface area (Å²) < 4.78 is 54.3. The minimum Gasteiger partial charge on any atom is -0.207 e. The van der Waals surface area contributed by atoms with Gasteiger partial charge in [-0.1, -0.05) is 11.6 Å². The van der Waals surface area contributed by atoms with Gasteiger partial charge in [0.2, 0.25) is 10.0 Å². The first-order valence-corrected chi connectivity index (χ1v) is 10.6. The molecule has 8 heteroatoms. The molecule has 1 saturated heterocycles. The molecule has 1 atom stereocenters. The zero-order valence-electron chi connectivity index (χ0n) is 13.2. The average Bonchev–Trinajstić information content (AvgIpc) is 2.84. The molecule has 0 N–H and O–H groups in total. The lowest BCUT2D eigenvalue weighted by Gasteiger charge is -2.20. The molecule has 0 amide bonds. The molecule has 0 radical (unpaired) electrons. The Morgan fingerprint density at radius 1 is 1.08 bits per heavy atom. The molecule has 0 spiro atoms. The first-order valence-electron chi connectivity index (χ1n) is 7.70. The summed E-state index contributed by atoms with van der Waals surface area (Å²) >= 11 is 7.25. The van der Waals surface area contributed by atoms with E-state index in [1.807, 2.05) is 0 Å². The van der Waals surface area contributed by atoms with Crippen LogP contribution in [0.3, 0.4) is 0 Å². The SMILES string of the molecule is O=S(=O)(c1ccc(Cl)cc1)N1CCSC(c2cc(F)ccc2F)CC1. The van der Waals surface area contributed by atoms with E-state index in [0.29, 0.717) is 23.7 Å². The number of rotatable bonds is 3. The fourth-order valence-electron chi connectivity index (χ4n) is 2.76. The van der Waals surface area contributed by atoms with E-state index in [1.165, 1.54) is 46.4 Å². The highest BCUT2D eigenvalue weighted by atomic mass is 35.5. The van der Waals surface area contributed by atoms with Gasteiger partial charge in [-0.05, 0) is 48.9 Å². The molecule has 2 aromatic rings. The summed E-state index contributed by atoms with van der Waals surface area (Å²) in [4.78, 5) is 0.178. The van der Waals surface area contributed by atoms with E-state index in [9.17, 15) is 17.2 Å². The van der Waals surface area contributed by atoms with Crippen LogP contribution in [0.2, 0.25) is 5.02 Å². The summed E-state index contributed by atoms with van der Waals surface area (Å²) in [7, 11) is -3.63. The lowest BCUT2D eigenvalue weighted by Crippen LogP contribution is -2.33. The lowest BCUT2D eigenvalue weighted by atomic mass is 10.1. The second-order valence-electron chi connectivity index (χ2n) is 5.67. The zero-order valence-corrected chi connectivity index (χ0v) is 15.6. The number of hydrogen-bond donors (Lipinski definition) is 0. The van der Waals surface area contributed by atoms with Gasteiger partial charge in [-0.15, -0.1) is 0 Å². The van der Waals surface area contributed by atoms with Crippen molar-refractivity contribution in [3.05, 3.63) is 64.7 Å². The largest absolute Gasteiger partial charge is 0.243 e. The van der Waals surface area contributed by atoms with Crippen molar-refractivity contribution in [1.29, 1.82) is 0 Å². The van der Waals surface area contributed by atoms with Crippen LogP contribution in [0, 0.1) is 11.6 Å². The topological polar surface area (TPSA) is 37.4 Å². The smallest absolute Gasteiger partial charge is 0.207 e. The molecule has 1 fully saturated rings. The summed E-state index contributed by atoms with van der Waals surface area (Å²) in [5.74, 6) is -0.451. The van der Waals surface area contributed by atoms with Crippen molar-refractivity contribution in [1.82, 2.24) is 4.31 Å². The highest BCUT2D eigenvalue weighted by Crippen LogP contribution is 2.37. The normalized spacial score (nSPS) is 19.6. The van der Waals surface area contributed by atoms with Crippen molar-refractivity contribution in [2.24, 2.45) is 0 Å². The molecule has 3 rings (SSSR count). The van der Waals surface area contributed by atoms with Crippen molar-refractivity contribution in [2.45, 2.75) is 16.6 Å². The van der Waals surface area contributed by atoms with E-state index < -0.39 is 21.7 Å². The van der Waals surface area contributed by atoms with Gasteiger partial charge >= 0.3 is 0 Å². The number of benzene rings is 2. The molecule has 3 nitrogen and oxygen atoms in total. The molecule has 0 aliphatic carbocycles. The maximum Gasteiger partial charge on any atom is 0.243 e. The van der Waals surface area contributed by atoms with Gasteiger partial charge in [0, 0.05) is 34.7 Å². The summed E-state index contributed by atoms with van der Waals surface area (Å²) in [5.41, 5.74) is 0.288. The molecule has 25 heavy (non-hydrogen) atoms. The van der Waals surface area contributed by atoms with Crippen LogP contribution in [0.1, 0.15) is 17.2 Å². The van der Waals surface area contributed by atoms with Crippen molar-refractivity contribution in [3.63, 3.8) is 0 Å². The van der Waals surface area contributed by atoms with Crippen LogP contribution in [0.15, 0.2) is 47.4 Å². The Morgan fingerprint density at radius 3 is 2.52 bits per heavy atom. The van der Waals surface area contributed by atoms with Gasteiger partial charge in [0.25, 0.3) is 0 Å². The van der Waals surface area contributed by atoms with Crippen LogP contribution in [-0.2, 0) is 10.0 Å². The highest BCUT2D eigenvalue weighted by Gasteiger charge is 2.29. The van der Waals surface area contributed by atoms with Crippen molar-refractivity contribution >= 4 is 33.4 Å². The van der Waals surface area contributed by atoms with Crippen molar-refractivity contribution in [2.75, 3.05) is 18.8 Å². The Bertz CT molecular complexity index is 859. The van der Waals surface area contributed by atoms with E-state index in [4.69, 9.17) is 11.6 Å². The Labute approximate surface area is 155 Å². The van der Waals surface area contributed by atoms with Crippen LogP contribution < -0.4 is 0 Å². The molecule has 1 aliphatic heterocycles. The Morgan fingerprint density at radius 2 is 1.80 bits per heavy atom. The van der Waals surface area contributed by atoms with Gasteiger partial charge in [-0.2, -0.15) is 16.1 Å². The Kier molecular flexibility index (Phi) is 5.68. The number of nitrogens with zero attached hydrogens (tertiary/aromatic N) is 1. The van der Waals surface area contributed by atoms with Crippen LogP contribution in [-0.4, -0.2) is 31.6 Å². The van der Waals surface area contributed by atoms with Gasteiger partial charge < -0.3 is 0 Å². The molecule has 1 aliphatic rings. The summed E-state index contributed by atoms with van der Waals surface area (Å²) in [6.45, 7) is 0.571. The predicted molar refractivity (Wildman–Crippen MR) is 96.4 cm³/mol. The van der Waals surface area contributed by atoms with Crippen LogP contribution >= 0.6 is 23.4 Å². The summed E-state index contributed by atoms with van der Waals surface area (Å²) in [6, 6.07) is 9.39. The molecule has 0 aromatic heterocycles. The molecule has 134 valence electrons. The van der Waals surface area contributed by atoms with E-state index in [-0.39, 0.29) is 22.3 Å². The average molecular weight is 404 g/mol. The second kappa shape index (κ2) is 7.61. The van der Waals surface area contributed by atoms with Crippen LogP contribution in [0.4, 0.5) is 8.78 Å². The van der Waals surface area contributed by atoms with Crippen LogP contribution in [0.5, 0.6) is 0 Å². The van der Waals surface area contributed by atoms with Gasteiger partial charge in [-0.3, -0.25) is 0 Å². The van der Waals surface area contributed by atoms with E-state index in [2.05, 4.69) is 0 Å². The number of hydrogen-bond acceptors (Lipinski definition) is 3. The van der Waals surface area contributed by atoms with E-state index >= 15 is 0 Å². The van der Waals surface area contributed by atoms with E-state index in [1.54, 1.807) is 0 Å². The standard InChI is InChI=1S/C17H16ClF2NO2S2/c18-12-1-4-14(5-2-12)25(22,23)21-8-7-17(24-10-9-21)15-11-13(19)3-6-16(15)20/h1-6,11,17H,7-10H2. The minimum absolute atomic E-state index is 0.178. The molecular formula is C17H16ClF2NO2S2. The van der Waals surface area contributed by atoms with Crippen molar-refractivity contribution < 1.29 is 17.2 Å².